The van der Waals surface area contributed by atoms with Crippen molar-refractivity contribution in [1.29, 1.82) is 0 Å². The first-order valence-corrected chi connectivity index (χ1v) is 25.9. The third kappa shape index (κ3) is 9.13. The quantitative estimate of drug-likeness (QED) is 0.117. The Hall–Kier alpha value is -11.0. The molecule has 14 aromatic rings. The van der Waals surface area contributed by atoms with Crippen LogP contribution in [0.15, 0.2) is 271 Å². The van der Waals surface area contributed by atoms with Crippen LogP contribution in [0.2, 0.25) is 0 Å². The van der Waals surface area contributed by atoms with Gasteiger partial charge >= 0.3 is 0 Å². The Morgan fingerprint density at radius 2 is 0.633 bits per heavy atom. The first kappa shape index (κ1) is 46.5. The highest BCUT2D eigenvalue weighted by Crippen LogP contribution is 2.40. The molecule has 0 amide bonds. The molecule has 79 heavy (non-hydrogen) atoms. The maximum absolute atomic E-state index is 6.59. The van der Waals surface area contributed by atoms with Crippen molar-refractivity contribution in [3.8, 4) is 96.9 Å². The second kappa shape index (κ2) is 20.2. The molecule has 0 aliphatic rings. The van der Waals surface area contributed by atoms with Gasteiger partial charge in [-0.2, -0.15) is 0 Å². The number of anilines is 3. The summed E-state index contributed by atoms with van der Waals surface area (Å²) in [5.41, 5.74) is 12.8. The molecule has 14 rings (SSSR count). The maximum atomic E-state index is 6.59. The average molecular weight is 1020 g/mol. The van der Waals surface area contributed by atoms with E-state index in [1.807, 2.05) is 170 Å². The summed E-state index contributed by atoms with van der Waals surface area (Å²) in [6.07, 6.45) is 0. The molecular formula is C68H44N10O. The van der Waals surface area contributed by atoms with Crippen LogP contribution in [0.25, 0.3) is 119 Å². The van der Waals surface area contributed by atoms with Crippen LogP contribution in [0.3, 0.4) is 0 Å². The molecule has 0 radical (unpaired) electrons. The van der Waals surface area contributed by atoms with Gasteiger partial charge in [-0.05, 0) is 78.9 Å². The molecule has 4 heterocycles. The van der Waals surface area contributed by atoms with Crippen LogP contribution >= 0.6 is 0 Å². The zero-order valence-electron chi connectivity index (χ0n) is 42.3. The molecule has 0 spiro atoms. The molecule has 10 aromatic carbocycles. The fourth-order valence-electron chi connectivity index (χ4n) is 10.1. The maximum Gasteiger partial charge on any atom is 0.248 e. The molecule has 0 atom stereocenters. The van der Waals surface area contributed by atoms with Crippen LogP contribution in [0, 0.1) is 0 Å². The summed E-state index contributed by atoms with van der Waals surface area (Å²) in [6.45, 7) is 0. The summed E-state index contributed by atoms with van der Waals surface area (Å²) in [5.74, 6) is 4.39. The van der Waals surface area contributed by atoms with Crippen molar-refractivity contribution < 1.29 is 4.42 Å². The SMILES string of the molecule is c1ccc(-c2nc(-c3ccccc3)nc(-c3cccc(N(c4ccccc4)c4cccc(-c5nnc(-c6ccc7c(c6)c6ccccc6n7-c6cccc(-c7nc(-c8ccccc8)nc(-c8ccccc8)n7)c6)o5)c4)c3)n2)cc1. The highest BCUT2D eigenvalue weighted by molar-refractivity contribution is 6.10. The van der Waals surface area contributed by atoms with E-state index in [-0.39, 0.29) is 0 Å². The molecule has 0 aliphatic carbocycles. The normalized spacial score (nSPS) is 11.3. The van der Waals surface area contributed by atoms with Crippen molar-refractivity contribution in [3.63, 3.8) is 0 Å². The van der Waals surface area contributed by atoms with E-state index in [0.717, 1.165) is 89.1 Å². The van der Waals surface area contributed by atoms with Gasteiger partial charge in [-0.15, -0.1) is 10.2 Å². The Morgan fingerprint density at radius 3 is 1.15 bits per heavy atom. The van der Waals surface area contributed by atoms with Crippen LogP contribution in [0.5, 0.6) is 0 Å². The lowest BCUT2D eigenvalue weighted by Crippen LogP contribution is -2.10. The average Bonchev–Trinajstić information content (AvgIpc) is 4.39. The van der Waals surface area contributed by atoms with Gasteiger partial charge < -0.3 is 13.9 Å². The van der Waals surface area contributed by atoms with Crippen LogP contribution in [0.4, 0.5) is 17.1 Å². The summed E-state index contributed by atoms with van der Waals surface area (Å²) >= 11 is 0. The predicted octanol–water partition coefficient (Wildman–Crippen LogP) is 16.3. The van der Waals surface area contributed by atoms with Crippen molar-refractivity contribution in [3.05, 3.63) is 267 Å². The predicted molar refractivity (Wildman–Crippen MR) is 314 cm³/mol. The molecule has 0 unspecified atom stereocenters. The molecule has 0 aliphatic heterocycles. The molecule has 0 fully saturated rings. The fourth-order valence-corrected chi connectivity index (χ4v) is 10.1. The lowest BCUT2D eigenvalue weighted by molar-refractivity contribution is 0.584. The second-order valence-electron chi connectivity index (χ2n) is 18.9. The zero-order valence-corrected chi connectivity index (χ0v) is 42.3. The van der Waals surface area contributed by atoms with Crippen LogP contribution in [0.1, 0.15) is 0 Å². The van der Waals surface area contributed by atoms with Crippen molar-refractivity contribution in [2.24, 2.45) is 0 Å². The summed E-state index contributed by atoms with van der Waals surface area (Å²) in [7, 11) is 0. The molecule has 11 heteroatoms. The van der Waals surface area contributed by atoms with Gasteiger partial charge in [-0.25, -0.2) is 29.9 Å². The Kier molecular flexibility index (Phi) is 11.9. The van der Waals surface area contributed by atoms with E-state index in [1.54, 1.807) is 0 Å². The molecular weight excluding hydrogens is 973 g/mol. The minimum atomic E-state index is 0.397. The lowest BCUT2D eigenvalue weighted by atomic mass is 10.1. The molecule has 11 nitrogen and oxygen atoms in total. The van der Waals surface area contributed by atoms with Crippen molar-refractivity contribution in [2.45, 2.75) is 0 Å². The molecule has 0 saturated heterocycles. The van der Waals surface area contributed by atoms with E-state index < -0.39 is 0 Å². The van der Waals surface area contributed by atoms with Crippen molar-refractivity contribution >= 4 is 38.9 Å². The van der Waals surface area contributed by atoms with E-state index in [1.165, 1.54) is 0 Å². The number of benzene rings is 10. The Morgan fingerprint density at radius 1 is 0.266 bits per heavy atom. The number of rotatable bonds is 12. The summed E-state index contributed by atoms with van der Waals surface area (Å²) in [5, 5.41) is 11.4. The van der Waals surface area contributed by atoms with Gasteiger partial charge in [0.2, 0.25) is 11.8 Å². The van der Waals surface area contributed by atoms with Gasteiger partial charge in [0.05, 0.1) is 11.0 Å². The number of nitrogens with zero attached hydrogens (tertiary/aromatic N) is 10. The number of fused-ring (bicyclic) bond motifs is 3. The number of para-hydroxylation sites is 2. The van der Waals surface area contributed by atoms with E-state index in [2.05, 4.69) is 117 Å². The van der Waals surface area contributed by atoms with Gasteiger partial charge in [-0.3, -0.25) is 0 Å². The molecule has 0 N–H and O–H groups in total. The zero-order chi connectivity index (χ0) is 52.5. The van der Waals surface area contributed by atoms with Gasteiger partial charge in [0, 0.05) is 78.0 Å². The molecule has 4 aromatic heterocycles. The van der Waals surface area contributed by atoms with Crippen LogP contribution < -0.4 is 4.90 Å². The first-order chi connectivity index (χ1) is 39.1. The minimum Gasteiger partial charge on any atom is -0.416 e. The van der Waals surface area contributed by atoms with Gasteiger partial charge in [0.25, 0.3) is 0 Å². The smallest absolute Gasteiger partial charge is 0.248 e. The van der Waals surface area contributed by atoms with E-state index in [9.17, 15) is 0 Å². The Balaban J connectivity index is 0.802. The van der Waals surface area contributed by atoms with Gasteiger partial charge in [0.1, 0.15) is 0 Å². The minimum absolute atomic E-state index is 0.397. The lowest BCUT2D eigenvalue weighted by Gasteiger charge is -2.26. The standard InChI is InChI=1S/C68H44N10O/c1-6-21-45(22-7-1)61-69-62(46-23-8-2-9-24-46)72-65(71-61)49-29-18-34-54(41-49)77(53-32-14-5-15-33-53)55-35-20-31-51(43-55)67-75-76-68(79-67)52-39-40-60-58(44-52)57-37-16-17-38-59(57)78(60)56-36-19-30-50(42-56)66-73-63(47-25-10-3-11-26-47)70-64(74-66)48-27-12-4-13-28-48/h1-44H. The number of hydrogen-bond acceptors (Lipinski definition) is 10. The monoisotopic (exact) mass is 1020 g/mol. The largest absolute Gasteiger partial charge is 0.416 e. The van der Waals surface area contributed by atoms with Crippen LogP contribution in [-0.4, -0.2) is 44.7 Å². The highest BCUT2D eigenvalue weighted by atomic mass is 16.4. The molecule has 372 valence electrons. The van der Waals surface area contributed by atoms with E-state index >= 15 is 0 Å². The number of aromatic nitrogens is 9. The Bertz CT molecular complexity index is 4380. The number of hydrogen-bond donors (Lipinski definition) is 0. The fraction of sp³-hybridized carbons (Fsp3) is 0. The summed E-state index contributed by atoms with van der Waals surface area (Å²) < 4.78 is 8.87. The first-order valence-electron chi connectivity index (χ1n) is 25.9. The topological polar surface area (TPSA) is 124 Å². The van der Waals surface area contributed by atoms with Crippen LogP contribution in [-0.2, 0) is 0 Å². The van der Waals surface area contributed by atoms with Crippen molar-refractivity contribution in [2.75, 3.05) is 4.90 Å². The highest BCUT2D eigenvalue weighted by Gasteiger charge is 2.21. The summed E-state index contributed by atoms with van der Waals surface area (Å²) in [4.78, 5) is 32.2. The van der Waals surface area contributed by atoms with E-state index in [4.69, 9.17) is 34.3 Å². The molecule has 0 bridgehead atoms. The van der Waals surface area contributed by atoms with E-state index in [0.29, 0.717) is 46.7 Å². The van der Waals surface area contributed by atoms with Gasteiger partial charge in [0.15, 0.2) is 34.9 Å². The van der Waals surface area contributed by atoms with Crippen molar-refractivity contribution in [1.82, 2.24) is 44.7 Å². The summed E-state index contributed by atoms with van der Waals surface area (Å²) in [6, 6.07) is 89.9. The molecule has 0 saturated carbocycles. The second-order valence-corrected chi connectivity index (χ2v) is 18.9. The Labute approximate surface area is 454 Å². The van der Waals surface area contributed by atoms with Gasteiger partial charge in [-0.1, -0.05) is 188 Å². The third-order valence-corrected chi connectivity index (χ3v) is 13.8. The third-order valence-electron chi connectivity index (χ3n) is 13.8.